The van der Waals surface area contributed by atoms with Crippen LogP contribution in [-0.2, 0) is 4.74 Å². The van der Waals surface area contributed by atoms with Crippen LogP contribution in [0.3, 0.4) is 0 Å². The lowest BCUT2D eigenvalue weighted by Gasteiger charge is -2.39. The lowest BCUT2D eigenvalue weighted by atomic mass is 9.98. The minimum atomic E-state index is -1.66. The van der Waals surface area contributed by atoms with E-state index in [1.165, 1.54) is 19.2 Å². The molecule has 172 valence electrons. The lowest BCUT2D eigenvalue weighted by Crippen LogP contribution is -2.60. The Balaban J connectivity index is 1.93. The van der Waals surface area contributed by atoms with Gasteiger partial charge in [-0.05, 0) is 30.9 Å². The van der Waals surface area contributed by atoms with E-state index in [9.17, 15) is 30.3 Å². The normalized spacial score (nSPS) is 25.9. The van der Waals surface area contributed by atoms with Crippen LogP contribution in [0.1, 0.15) is 11.3 Å². The molecule has 10 nitrogen and oxygen atoms in total. The Morgan fingerprint density at radius 3 is 2.38 bits per heavy atom. The first-order chi connectivity index (χ1) is 15.2. The van der Waals surface area contributed by atoms with Crippen molar-refractivity contribution >= 4 is 21.7 Å². The molecular formula is C22H24O10. The van der Waals surface area contributed by atoms with E-state index in [0.29, 0.717) is 22.5 Å². The fraction of sp³-hybridized carbons (Fsp3) is 0.409. The second-order valence-electron chi connectivity index (χ2n) is 7.76. The summed E-state index contributed by atoms with van der Waals surface area (Å²) in [5.74, 6) is 0.355. The third kappa shape index (κ3) is 3.46. The topological polar surface area (TPSA) is 159 Å². The maximum absolute atomic E-state index is 12.5. The highest BCUT2D eigenvalue weighted by atomic mass is 16.7. The Bertz CT molecular complexity index is 1230. The van der Waals surface area contributed by atoms with Crippen LogP contribution in [0.25, 0.3) is 21.7 Å². The number of aromatic hydroxyl groups is 1. The molecule has 1 aliphatic rings. The summed E-state index contributed by atoms with van der Waals surface area (Å²) in [4.78, 5) is 12.5. The molecule has 1 saturated heterocycles. The van der Waals surface area contributed by atoms with Crippen molar-refractivity contribution in [1.82, 2.24) is 0 Å². The van der Waals surface area contributed by atoms with Gasteiger partial charge in [-0.15, -0.1) is 0 Å². The summed E-state index contributed by atoms with van der Waals surface area (Å²) < 4.78 is 22.2. The summed E-state index contributed by atoms with van der Waals surface area (Å²) >= 11 is 0. The minimum absolute atomic E-state index is 0.00819. The molecule has 2 aromatic carbocycles. The van der Waals surface area contributed by atoms with E-state index in [-0.39, 0.29) is 22.1 Å². The van der Waals surface area contributed by atoms with E-state index in [1.54, 1.807) is 19.9 Å². The molecule has 1 aromatic heterocycles. The van der Waals surface area contributed by atoms with Gasteiger partial charge in [-0.25, -0.2) is 0 Å². The molecule has 0 aliphatic carbocycles. The SMILES string of the molecule is COc1cc(OC2OC(CO)C(O)C(O)C2O)c2c(O)c3c(=O)cc(C)oc3cc2c1C. The summed E-state index contributed by atoms with van der Waals surface area (Å²) in [7, 11) is 1.44. The zero-order valence-corrected chi connectivity index (χ0v) is 17.6. The van der Waals surface area contributed by atoms with Crippen LogP contribution in [0, 0.1) is 13.8 Å². The number of phenols is 1. The van der Waals surface area contributed by atoms with Crippen LogP contribution in [0.2, 0.25) is 0 Å². The summed E-state index contributed by atoms with van der Waals surface area (Å²) in [5.41, 5.74) is 0.357. The van der Waals surface area contributed by atoms with Crippen molar-refractivity contribution in [3.8, 4) is 17.2 Å². The third-order valence-electron chi connectivity index (χ3n) is 5.71. The van der Waals surface area contributed by atoms with Crippen LogP contribution < -0.4 is 14.9 Å². The second kappa shape index (κ2) is 8.23. The van der Waals surface area contributed by atoms with Gasteiger partial charge in [0, 0.05) is 12.1 Å². The molecule has 10 heteroatoms. The highest BCUT2D eigenvalue weighted by Crippen LogP contribution is 2.44. The van der Waals surface area contributed by atoms with Gasteiger partial charge in [0.05, 0.1) is 19.1 Å². The van der Waals surface area contributed by atoms with Gasteiger partial charge in [-0.1, -0.05) is 0 Å². The molecule has 32 heavy (non-hydrogen) atoms. The number of aliphatic hydroxyl groups excluding tert-OH is 4. The number of ether oxygens (including phenoxy) is 3. The number of benzene rings is 2. The largest absolute Gasteiger partial charge is 0.506 e. The lowest BCUT2D eigenvalue weighted by molar-refractivity contribution is -0.277. The van der Waals surface area contributed by atoms with Gasteiger partial charge in [0.1, 0.15) is 58.4 Å². The van der Waals surface area contributed by atoms with Gasteiger partial charge < -0.3 is 44.2 Å². The molecule has 0 bridgehead atoms. The molecule has 0 spiro atoms. The van der Waals surface area contributed by atoms with E-state index in [0.717, 1.165) is 0 Å². The van der Waals surface area contributed by atoms with Crippen molar-refractivity contribution in [3.05, 3.63) is 39.7 Å². The Kier molecular flexibility index (Phi) is 5.74. The van der Waals surface area contributed by atoms with Crippen LogP contribution in [-0.4, -0.2) is 70.0 Å². The van der Waals surface area contributed by atoms with Gasteiger partial charge >= 0.3 is 0 Å². The number of phenolic OH excluding ortho intramolecular Hbond substituents is 1. The fourth-order valence-electron chi connectivity index (χ4n) is 4.00. The maximum Gasteiger partial charge on any atom is 0.229 e. The Morgan fingerprint density at radius 2 is 1.72 bits per heavy atom. The van der Waals surface area contributed by atoms with Crippen molar-refractivity contribution < 1.29 is 44.2 Å². The first-order valence-corrected chi connectivity index (χ1v) is 9.92. The first kappa shape index (κ1) is 22.3. The molecule has 2 heterocycles. The van der Waals surface area contributed by atoms with Crippen LogP contribution >= 0.6 is 0 Å². The van der Waals surface area contributed by atoms with Crippen molar-refractivity contribution in [2.24, 2.45) is 0 Å². The summed E-state index contributed by atoms with van der Waals surface area (Å²) in [6.45, 7) is 2.74. The fourth-order valence-corrected chi connectivity index (χ4v) is 4.00. The third-order valence-corrected chi connectivity index (χ3v) is 5.71. The molecule has 0 saturated carbocycles. The molecule has 5 N–H and O–H groups in total. The van der Waals surface area contributed by atoms with Crippen LogP contribution in [0.15, 0.2) is 27.4 Å². The highest BCUT2D eigenvalue weighted by Gasteiger charge is 2.45. The predicted octanol–water partition coefficient (Wildman–Crippen LogP) is 0.456. The smallest absolute Gasteiger partial charge is 0.229 e. The molecule has 0 radical (unpaired) electrons. The summed E-state index contributed by atoms with van der Waals surface area (Å²) in [6, 6.07) is 4.28. The van der Waals surface area contributed by atoms with E-state index in [1.807, 2.05) is 0 Å². The number of fused-ring (bicyclic) bond motifs is 2. The molecule has 5 atom stereocenters. The zero-order chi connectivity index (χ0) is 23.3. The van der Waals surface area contributed by atoms with Gasteiger partial charge in [-0.2, -0.15) is 0 Å². The van der Waals surface area contributed by atoms with Gasteiger partial charge in [0.25, 0.3) is 0 Å². The molecule has 4 rings (SSSR count). The van der Waals surface area contributed by atoms with E-state index in [2.05, 4.69) is 0 Å². The van der Waals surface area contributed by atoms with E-state index in [4.69, 9.17) is 18.6 Å². The molecule has 3 aromatic rings. The van der Waals surface area contributed by atoms with E-state index >= 15 is 0 Å². The summed E-state index contributed by atoms with van der Waals surface area (Å²) in [6.07, 6.45) is -7.53. The number of aliphatic hydroxyl groups is 4. The zero-order valence-electron chi connectivity index (χ0n) is 17.6. The first-order valence-electron chi connectivity index (χ1n) is 9.92. The molecule has 1 fully saturated rings. The molecule has 1 aliphatic heterocycles. The standard InChI is InChI=1S/C22H24O10/c1-8-4-11(24)17-13(30-8)5-10-9(2)12(29-3)6-14(16(10)19(17)26)31-22-21(28)20(27)18(25)15(7-23)32-22/h4-6,15,18,20-23,25-28H,7H2,1-3H3. The second-order valence-corrected chi connectivity index (χ2v) is 7.76. The van der Waals surface area contributed by atoms with Crippen molar-refractivity contribution in [2.75, 3.05) is 13.7 Å². The van der Waals surface area contributed by atoms with Crippen molar-refractivity contribution in [3.63, 3.8) is 0 Å². The number of hydrogen-bond acceptors (Lipinski definition) is 10. The minimum Gasteiger partial charge on any atom is -0.506 e. The Labute approximate surface area is 181 Å². The van der Waals surface area contributed by atoms with Gasteiger partial charge in [0.2, 0.25) is 6.29 Å². The Morgan fingerprint density at radius 1 is 1.00 bits per heavy atom. The van der Waals surface area contributed by atoms with E-state index < -0.39 is 48.5 Å². The van der Waals surface area contributed by atoms with Gasteiger partial charge in [-0.3, -0.25) is 4.79 Å². The average Bonchev–Trinajstić information content (AvgIpc) is 2.75. The quantitative estimate of drug-likeness (QED) is 0.355. The average molecular weight is 448 g/mol. The van der Waals surface area contributed by atoms with Gasteiger partial charge in [0.15, 0.2) is 5.43 Å². The van der Waals surface area contributed by atoms with Crippen LogP contribution in [0.4, 0.5) is 0 Å². The number of methoxy groups -OCH3 is 1. The Hall–Kier alpha value is -2.89. The number of hydrogen-bond donors (Lipinski definition) is 5. The predicted molar refractivity (Wildman–Crippen MR) is 112 cm³/mol. The molecule has 5 unspecified atom stereocenters. The molecular weight excluding hydrogens is 424 g/mol. The number of aryl methyl sites for hydroxylation is 2. The van der Waals surface area contributed by atoms with Crippen LogP contribution in [0.5, 0.6) is 17.2 Å². The summed E-state index contributed by atoms with van der Waals surface area (Å²) in [5, 5.41) is 51.4. The highest BCUT2D eigenvalue weighted by molar-refractivity contribution is 6.07. The molecule has 0 amide bonds. The van der Waals surface area contributed by atoms with Crippen molar-refractivity contribution in [2.45, 2.75) is 44.6 Å². The maximum atomic E-state index is 12.5. The monoisotopic (exact) mass is 448 g/mol. The van der Waals surface area contributed by atoms with Crippen molar-refractivity contribution in [1.29, 1.82) is 0 Å². The number of rotatable bonds is 4.